The first-order chi connectivity index (χ1) is 7.08. The third kappa shape index (κ3) is 2.26. The van der Waals surface area contributed by atoms with Crippen LogP contribution in [0.5, 0.6) is 0 Å². The van der Waals surface area contributed by atoms with Crippen LogP contribution in [0.25, 0.3) is 0 Å². The van der Waals surface area contributed by atoms with Crippen LogP contribution in [0.1, 0.15) is 37.3 Å². The van der Waals surface area contributed by atoms with Crippen LogP contribution in [0.3, 0.4) is 0 Å². The monoisotopic (exact) mass is 267 g/mol. The van der Waals surface area contributed by atoms with E-state index in [0.717, 1.165) is 0 Å². The molecule has 15 heavy (non-hydrogen) atoms. The van der Waals surface area contributed by atoms with Gasteiger partial charge in [0, 0.05) is 22.5 Å². The van der Waals surface area contributed by atoms with Crippen LogP contribution in [0.4, 0.5) is 0 Å². The van der Waals surface area contributed by atoms with Crippen molar-refractivity contribution in [3.05, 3.63) is 33.8 Å². The number of nitrogens with one attached hydrogen (secondary N) is 1. The molecule has 0 spiro atoms. The van der Waals surface area contributed by atoms with E-state index in [0.29, 0.717) is 18.0 Å². The zero-order valence-corrected chi connectivity index (χ0v) is 11.1. The minimum atomic E-state index is 0.582. The van der Waals surface area contributed by atoms with E-state index >= 15 is 0 Å². The number of halogens is 1. The van der Waals surface area contributed by atoms with Gasteiger partial charge in [0.25, 0.3) is 0 Å². The van der Waals surface area contributed by atoms with Crippen molar-refractivity contribution in [2.24, 2.45) is 0 Å². The second kappa shape index (κ2) is 4.26. The lowest BCUT2D eigenvalue weighted by atomic mass is 9.91. The second-order valence-corrected chi connectivity index (χ2v) is 5.58. The van der Waals surface area contributed by atoms with E-state index < -0.39 is 0 Å². The Bertz CT molecular complexity index is 362. The first kappa shape index (κ1) is 11.2. The molecule has 2 rings (SSSR count). The van der Waals surface area contributed by atoms with Crippen LogP contribution >= 0.6 is 15.9 Å². The molecular weight excluding hydrogens is 250 g/mol. The summed E-state index contributed by atoms with van der Waals surface area (Å²) >= 11 is 3.68. The van der Waals surface area contributed by atoms with Crippen LogP contribution in [0, 0.1) is 6.92 Å². The lowest BCUT2D eigenvalue weighted by Crippen LogP contribution is -2.26. The molecular formula is C13H18BrN. The highest BCUT2D eigenvalue weighted by atomic mass is 79.9. The quantitative estimate of drug-likeness (QED) is 0.820. The molecule has 82 valence electrons. The van der Waals surface area contributed by atoms with Crippen LogP contribution in [0.15, 0.2) is 22.7 Å². The molecule has 1 nitrogen and oxygen atoms in total. The maximum atomic E-state index is 3.68. The summed E-state index contributed by atoms with van der Waals surface area (Å²) in [4.78, 5) is 0. The van der Waals surface area contributed by atoms with Crippen molar-refractivity contribution in [2.75, 3.05) is 0 Å². The summed E-state index contributed by atoms with van der Waals surface area (Å²) < 4.78 is 1.26. The SMILES string of the molecule is Cc1ccc(C2CC(C)NC2C)c(Br)c1. The molecule has 0 radical (unpaired) electrons. The Hall–Kier alpha value is -0.340. The van der Waals surface area contributed by atoms with Gasteiger partial charge in [-0.15, -0.1) is 0 Å². The predicted octanol–water partition coefficient (Wildman–Crippen LogP) is 3.61. The van der Waals surface area contributed by atoms with E-state index in [1.807, 2.05) is 0 Å². The molecule has 1 aromatic rings. The van der Waals surface area contributed by atoms with Crippen LogP contribution in [0.2, 0.25) is 0 Å². The molecule has 2 heteroatoms. The fourth-order valence-corrected chi connectivity index (χ4v) is 3.33. The smallest absolute Gasteiger partial charge is 0.0213 e. The van der Waals surface area contributed by atoms with Crippen molar-refractivity contribution in [3.8, 4) is 0 Å². The molecule has 0 bridgehead atoms. The molecule has 1 heterocycles. The van der Waals surface area contributed by atoms with Gasteiger partial charge < -0.3 is 5.32 Å². The molecule has 1 aliphatic heterocycles. The Morgan fingerprint density at radius 2 is 2.07 bits per heavy atom. The zero-order valence-electron chi connectivity index (χ0n) is 9.55. The van der Waals surface area contributed by atoms with Crippen molar-refractivity contribution in [2.45, 2.75) is 45.2 Å². The van der Waals surface area contributed by atoms with Crippen molar-refractivity contribution in [1.82, 2.24) is 5.32 Å². The third-order valence-electron chi connectivity index (χ3n) is 3.31. The van der Waals surface area contributed by atoms with Crippen molar-refractivity contribution in [3.63, 3.8) is 0 Å². The first-order valence-corrected chi connectivity index (χ1v) is 6.39. The molecule has 0 aliphatic carbocycles. The summed E-state index contributed by atoms with van der Waals surface area (Å²) in [6.07, 6.45) is 1.24. The van der Waals surface area contributed by atoms with Gasteiger partial charge in [-0.25, -0.2) is 0 Å². The van der Waals surface area contributed by atoms with Crippen molar-refractivity contribution < 1.29 is 0 Å². The molecule has 1 saturated heterocycles. The second-order valence-electron chi connectivity index (χ2n) is 4.72. The lowest BCUT2D eigenvalue weighted by Gasteiger charge is -2.17. The molecule has 1 aromatic carbocycles. The number of rotatable bonds is 1. The van der Waals surface area contributed by atoms with E-state index in [9.17, 15) is 0 Å². The van der Waals surface area contributed by atoms with Gasteiger partial charge >= 0.3 is 0 Å². The number of hydrogen-bond donors (Lipinski definition) is 1. The van der Waals surface area contributed by atoms with Gasteiger partial charge in [-0.3, -0.25) is 0 Å². The summed E-state index contributed by atoms with van der Waals surface area (Å²) in [6, 6.07) is 7.90. The normalized spacial score (nSPS) is 30.8. The van der Waals surface area contributed by atoms with E-state index in [4.69, 9.17) is 0 Å². The number of hydrogen-bond acceptors (Lipinski definition) is 1. The van der Waals surface area contributed by atoms with E-state index in [2.05, 4.69) is 60.2 Å². The van der Waals surface area contributed by atoms with E-state index in [1.165, 1.54) is 22.0 Å². The minimum Gasteiger partial charge on any atom is -0.311 e. The topological polar surface area (TPSA) is 12.0 Å². The summed E-state index contributed by atoms with van der Waals surface area (Å²) in [5, 5.41) is 3.59. The Morgan fingerprint density at radius 1 is 1.33 bits per heavy atom. The van der Waals surface area contributed by atoms with Crippen LogP contribution in [-0.4, -0.2) is 12.1 Å². The Balaban J connectivity index is 2.29. The van der Waals surface area contributed by atoms with Crippen molar-refractivity contribution >= 4 is 15.9 Å². The molecule has 0 aromatic heterocycles. The van der Waals surface area contributed by atoms with Gasteiger partial charge in [0.05, 0.1) is 0 Å². The van der Waals surface area contributed by atoms with Gasteiger partial charge in [0.2, 0.25) is 0 Å². The van der Waals surface area contributed by atoms with Gasteiger partial charge in [0.1, 0.15) is 0 Å². The van der Waals surface area contributed by atoms with Gasteiger partial charge in [0.15, 0.2) is 0 Å². The highest BCUT2D eigenvalue weighted by Gasteiger charge is 2.30. The average molecular weight is 268 g/mol. The molecule has 1 N–H and O–H groups in total. The number of benzene rings is 1. The third-order valence-corrected chi connectivity index (χ3v) is 4.00. The van der Waals surface area contributed by atoms with Crippen LogP contribution in [-0.2, 0) is 0 Å². The van der Waals surface area contributed by atoms with E-state index in [-0.39, 0.29) is 0 Å². The molecule has 0 saturated carbocycles. The molecule has 1 fully saturated rings. The highest BCUT2D eigenvalue weighted by molar-refractivity contribution is 9.10. The minimum absolute atomic E-state index is 0.582. The number of aryl methyl sites for hydroxylation is 1. The maximum absolute atomic E-state index is 3.68. The first-order valence-electron chi connectivity index (χ1n) is 5.60. The maximum Gasteiger partial charge on any atom is 0.0213 e. The molecule has 0 amide bonds. The Labute approximate surface area is 100 Å². The van der Waals surface area contributed by atoms with Gasteiger partial charge in [-0.2, -0.15) is 0 Å². The van der Waals surface area contributed by atoms with Crippen molar-refractivity contribution in [1.29, 1.82) is 0 Å². The van der Waals surface area contributed by atoms with Crippen LogP contribution < -0.4 is 5.32 Å². The fourth-order valence-electron chi connectivity index (χ4n) is 2.55. The fraction of sp³-hybridized carbons (Fsp3) is 0.538. The largest absolute Gasteiger partial charge is 0.311 e. The summed E-state index contributed by atoms with van der Waals surface area (Å²) in [5.41, 5.74) is 2.77. The Kier molecular flexibility index (Phi) is 3.17. The average Bonchev–Trinajstić information content (AvgIpc) is 2.45. The van der Waals surface area contributed by atoms with Gasteiger partial charge in [-0.1, -0.05) is 28.1 Å². The summed E-state index contributed by atoms with van der Waals surface area (Å²) in [7, 11) is 0. The lowest BCUT2D eigenvalue weighted by molar-refractivity contribution is 0.574. The summed E-state index contributed by atoms with van der Waals surface area (Å²) in [5.74, 6) is 0.648. The summed E-state index contributed by atoms with van der Waals surface area (Å²) in [6.45, 7) is 6.67. The molecule has 1 aliphatic rings. The molecule has 3 unspecified atom stereocenters. The highest BCUT2D eigenvalue weighted by Crippen LogP contribution is 2.35. The van der Waals surface area contributed by atoms with E-state index in [1.54, 1.807) is 0 Å². The van der Waals surface area contributed by atoms with Gasteiger partial charge in [-0.05, 0) is 44.4 Å². The zero-order chi connectivity index (χ0) is 11.0. The standard InChI is InChI=1S/C13H18BrN/c1-8-4-5-11(13(14)6-8)12-7-9(2)15-10(12)3/h4-6,9-10,12,15H,7H2,1-3H3. The Morgan fingerprint density at radius 3 is 2.60 bits per heavy atom. The molecule has 3 atom stereocenters. The predicted molar refractivity (Wildman–Crippen MR) is 68.3 cm³/mol.